The first-order valence-electron chi connectivity index (χ1n) is 5.05. The Hall–Kier alpha value is -0.781. The SMILES string of the molecule is COc1ccc(-c2[se]c3nccn3c2I)cc1. The summed E-state index contributed by atoms with van der Waals surface area (Å²) in [5.41, 5.74) is 1.26. The second-order valence-corrected chi connectivity index (χ2v) is 6.60. The van der Waals surface area contributed by atoms with Crippen molar-refractivity contribution in [2.24, 2.45) is 0 Å². The molecule has 0 amide bonds. The molecule has 17 heavy (non-hydrogen) atoms. The molecule has 0 saturated heterocycles. The van der Waals surface area contributed by atoms with Gasteiger partial charge in [0.2, 0.25) is 0 Å². The minimum absolute atomic E-state index is 0.300. The average molecular weight is 403 g/mol. The van der Waals surface area contributed by atoms with E-state index in [1.54, 1.807) is 7.11 Å². The summed E-state index contributed by atoms with van der Waals surface area (Å²) < 4.78 is 11.2. The molecule has 3 aromatic rings. The van der Waals surface area contributed by atoms with Crippen molar-refractivity contribution >= 4 is 41.6 Å². The molecule has 0 aliphatic rings. The van der Waals surface area contributed by atoms with E-state index < -0.39 is 0 Å². The number of rotatable bonds is 2. The monoisotopic (exact) mass is 404 g/mol. The van der Waals surface area contributed by atoms with Crippen LogP contribution in [0.1, 0.15) is 0 Å². The Kier molecular flexibility index (Phi) is 2.98. The summed E-state index contributed by atoms with van der Waals surface area (Å²) in [6.07, 6.45) is 3.88. The Labute approximate surface area is 118 Å². The Morgan fingerprint density at radius 1 is 1.29 bits per heavy atom. The van der Waals surface area contributed by atoms with Crippen molar-refractivity contribution < 1.29 is 4.74 Å². The number of hydrogen-bond donors (Lipinski definition) is 0. The Morgan fingerprint density at radius 3 is 2.71 bits per heavy atom. The zero-order valence-corrected chi connectivity index (χ0v) is 12.9. The van der Waals surface area contributed by atoms with E-state index in [1.165, 1.54) is 18.2 Å². The molecule has 86 valence electrons. The zero-order valence-electron chi connectivity index (χ0n) is 9.05. The van der Waals surface area contributed by atoms with Gasteiger partial charge in [0.05, 0.1) is 0 Å². The fraction of sp³-hybridized carbons (Fsp3) is 0.0833. The van der Waals surface area contributed by atoms with E-state index in [4.69, 9.17) is 4.74 Å². The van der Waals surface area contributed by atoms with Crippen LogP contribution in [0.15, 0.2) is 36.7 Å². The van der Waals surface area contributed by atoms with Gasteiger partial charge < -0.3 is 0 Å². The van der Waals surface area contributed by atoms with Gasteiger partial charge in [-0.1, -0.05) is 0 Å². The van der Waals surface area contributed by atoms with Crippen molar-refractivity contribution in [1.82, 2.24) is 9.38 Å². The van der Waals surface area contributed by atoms with E-state index in [1.807, 2.05) is 24.5 Å². The van der Waals surface area contributed by atoms with Crippen LogP contribution in [0.4, 0.5) is 0 Å². The number of nitrogens with zero attached hydrogens (tertiary/aromatic N) is 2. The summed E-state index contributed by atoms with van der Waals surface area (Å²) >= 11 is 2.69. The summed E-state index contributed by atoms with van der Waals surface area (Å²) in [4.78, 5) is 4.38. The predicted molar refractivity (Wildman–Crippen MR) is 76.8 cm³/mol. The Morgan fingerprint density at radius 2 is 2.06 bits per heavy atom. The van der Waals surface area contributed by atoms with Crippen LogP contribution < -0.4 is 4.74 Å². The van der Waals surface area contributed by atoms with E-state index in [0.29, 0.717) is 14.5 Å². The fourth-order valence-corrected chi connectivity index (χ4v) is 5.38. The van der Waals surface area contributed by atoms with Gasteiger partial charge in [-0.3, -0.25) is 0 Å². The topological polar surface area (TPSA) is 26.5 Å². The van der Waals surface area contributed by atoms with Crippen LogP contribution in [0, 0.1) is 3.70 Å². The number of hydrogen-bond acceptors (Lipinski definition) is 2. The molecule has 3 rings (SSSR count). The molecule has 0 unspecified atom stereocenters. The number of halogens is 1. The van der Waals surface area contributed by atoms with Gasteiger partial charge in [0.25, 0.3) is 0 Å². The molecule has 0 bridgehead atoms. The molecule has 0 radical (unpaired) electrons. The van der Waals surface area contributed by atoms with Crippen LogP contribution >= 0.6 is 22.6 Å². The van der Waals surface area contributed by atoms with Crippen molar-refractivity contribution in [3.8, 4) is 15.8 Å². The molecule has 0 aliphatic carbocycles. The molecule has 2 heterocycles. The summed E-state index contributed by atoms with van der Waals surface area (Å²) in [5.74, 6) is 0.896. The quantitative estimate of drug-likeness (QED) is 0.486. The summed E-state index contributed by atoms with van der Waals surface area (Å²) in [6.45, 7) is 0. The van der Waals surface area contributed by atoms with Gasteiger partial charge >= 0.3 is 119 Å². The van der Waals surface area contributed by atoms with Gasteiger partial charge in [-0.2, -0.15) is 0 Å². The van der Waals surface area contributed by atoms with Crippen LogP contribution in [0.2, 0.25) is 0 Å². The standard InChI is InChI=1S/C12H9IN2OSe/c1-16-9-4-2-8(3-5-9)10-11(13)15-7-6-14-12(15)17-10/h2-7H,1H3. The molecular weight excluding hydrogens is 394 g/mol. The fourth-order valence-electron chi connectivity index (χ4n) is 1.68. The van der Waals surface area contributed by atoms with Gasteiger partial charge in [0, 0.05) is 0 Å². The van der Waals surface area contributed by atoms with Crippen molar-refractivity contribution in [2.45, 2.75) is 0 Å². The molecule has 3 nitrogen and oxygen atoms in total. The first-order valence-corrected chi connectivity index (χ1v) is 7.84. The number of methoxy groups -OCH3 is 1. The molecule has 0 saturated carbocycles. The normalized spacial score (nSPS) is 10.9. The van der Waals surface area contributed by atoms with Crippen molar-refractivity contribution in [3.05, 3.63) is 40.4 Å². The van der Waals surface area contributed by atoms with Crippen molar-refractivity contribution in [1.29, 1.82) is 0 Å². The molecule has 2 aromatic heterocycles. The van der Waals surface area contributed by atoms with Crippen LogP contribution in [0.5, 0.6) is 5.75 Å². The van der Waals surface area contributed by atoms with E-state index in [0.717, 1.165) is 5.75 Å². The van der Waals surface area contributed by atoms with Gasteiger partial charge in [-0.05, 0) is 0 Å². The molecule has 0 N–H and O–H groups in total. The van der Waals surface area contributed by atoms with E-state index in [-0.39, 0.29) is 0 Å². The van der Waals surface area contributed by atoms with Gasteiger partial charge in [-0.15, -0.1) is 0 Å². The van der Waals surface area contributed by atoms with Crippen LogP contribution in [-0.4, -0.2) is 31.0 Å². The number of benzene rings is 1. The maximum atomic E-state index is 5.18. The molecule has 1 aromatic carbocycles. The molecule has 0 spiro atoms. The first kappa shape index (κ1) is 11.3. The predicted octanol–water partition coefficient (Wildman–Crippen LogP) is 2.67. The molecular formula is C12H9IN2OSe. The molecule has 0 fully saturated rings. The summed E-state index contributed by atoms with van der Waals surface area (Å²) in [7, 11) is 1.69. The average Bonchev–Trinajstić information content (AvgIpc) is 2.93. The third-order valence-electron chi connectivity index (χ3n) is 2.55. The van der Waals surface area contributed by atoms with E-state index in [9.17, 15) is 0 Å². The van der Waals surface area contributed by atoms with E-state index in [2.05, 4.69) is 44.1 Å². The second-order valence-electron chi connectivity index (χ2n) is 3.53. The molecule has 5 heteroatoms. The number of ether oxygens (including phenoxy) is 1. The maximum absolute atomic E-state index is 5.18. The van der Waals surface area contributed by atoms with Crippen LogP contribution in [0.3, 0.4) is 0 Å². The van der Waals surface area contributed by atoms with Crippen molar-refractivity contribution in [2.75, 3.05) is 7.11 Å². The third-order valence-corrected chi connectivity index (χ3v) is 6.78. The minimum atomic E-state index is 0.300. The van der Waals surface area contributed by atoms with Crippen molar-refractivity contribution in [3.63, 3.8) is 0 Å². The Bertz CT molecular complexity index is 657. The molecule has 0 atom stereocenters. The summed E-state index contributed by atoms with van der Waals surface area (Å²) in [6, 6.07) is 8.23. The van der Waals surface area contributed by atoms with Gasteiger partial charge in [-0.25, -0.2) is 0 Å². The third kappa shape index (κ3) is 1.92. The van der Waals surface area contributed by atoms with Crippen LogP contribution in [0.25, 0.3) is 14.5 Å². The Balaban J connectivity index is 2.12. The van der Waals surface area contributed by atoms with Gasteiger partial charge in [0.15, 0.2) is 0 Å². The number of aromatic nitrogens is 2. The molecule has 0 aliphatic heterocycles. The summed E-state index contributed by atoms with van der Waals surface area (Å²) in [5, 5.41) is 0. The number of imidazole rings is 1. The second kappa shape index (κ2) is 4.48. The zero-order chi connectivity index (χ0) is 11.8. The first-order chi connectivity index (χ1) is 8.29. The number of fused-ring (bicyclic) bond motifs is 1. The van der Waals surface area contributed by atoms with Crippen LogP contribution in [-0.2, 0) is 0 Å². The van der Waals surface area contributed by atoms with E-state index >= 15 is 0 Å². The van der Waals surface area contributed by atoms with Gasteiger partial charge in [0.1, 0.15) is 0 Å².